The number of rotatable bonds is 11. The number of nitrogens with zero attached hydrogens (tertiary/aromatic N) is 2. The first-order chi connectivity index (χ1) is 17.0. The van der Waals surface area contributed by atoms with Gasteiger partial charge in [0.15, 0.2) is 23.0 Å². The van der Waals surface area contributed by atoms with Crippen LogP contribution < -0.4 is 29.2 Å². The molecule has 0 radical (unpaired) electrons. The van der Waals surface area contributed by atoms with E-state index >= 15 is 0 Å². The molecule has 1 N–H and O–H groups in total. The number of carbonyl (C=O) groups is 2. The number of hydrogen-bond donors (Lipinski definition) is 1. The number of amides is 2. The van der Waals surface area contributed by atoms with Crippen LogP contribution in [0, 0.1) is 5.92 Å². The zero-order valence-corrected chi connectivity index (χ0v) is 20.5. The van der Waals surface area contributed by atoms with E-state index in [0.29, 0.717) is 48.4 Å². The lowest BCUT2D eigenvalue weighted by Crippen LogP contribution is -2.32. The van der Waals surface area contributed by atoms with E-state index in [-0.39, 0.29) is 25.0 Å². The predicted octanol–water partition coefficient (Wildman–Crippen LogP) is 2.81. The molecule has 2 heterocycles. The number of anilines is 1. The van der Waals surface area contributed by atoms with E-state index in [1.54, 1.807) is 24.1 Å². The van der Waals surface area contributed by atoms with Gasteiger partial charge in [0.25, 0.3) is 0 Å². The maximum absolute atomic E-state index is 12.8. The van der Waals surface area contributed by atoms with Crippen LogP contribution in [0.4, 0.5) is 5.69 Å². The third kappa shape index (κ3) is 5.79. The Kier molecular flexibility index (Phi) is 7.97. The van der Waals surface area contributed by atoms with E-state index in [9.17, 15) is 9.59 Å². The molecule has 0 spiro atoms. The smallest absolute Gasteiger partial charge is 0.231 e. The summed E-state index contributed by atoms with van der Waals surface area (Å²) in [6.07, 6.45) is 0.170. The highest BCUT2D eigenvalue weighted by atomic mass is 16.7. The first-order valence-corrected chi connectivity index (χ1v) is 12.0. The Morgan fingerprint density at radius 2 is 1.91 bits per heavy atom. The SMILES string of the molecule is CCN(CC)CCOc1ccc(CNC(=O)C2CC(=O)N(c3ccc4c(c3)OCO4)C2)cc1OC. The molecule has 1 fully saturated rings. The van der Waals surface area contributed by atoms with Crippen molar-refractivity contribution in [2.45, 2.75) is 26.8 Å². The van der Waals surface area contributed by atoms with Crippen molar-refractivity contribution in [2.24, 2.45) is 5.92 Å². The molecule has 0 saturated carbocycles. The second kappa shape index (κ2) is 11.3. The molecule has 35 heavy (non-hydrogen) atoms. The van der Waals surface area contributed by atoms with E-state index in [4.69, 9.17) is 18.9 Å². The quantitative estimate of drug-likeness (QED) is 0.526. The molecule has 2 aliphatic rings. The monoisotopic (exact) mass is 483 g/mol. The molecule has 0 bridgehead atoms. The summed E-state index contributed by atoms with van der Waals surface area (Å²) in [6, 6.07) is 11.0. The van der Waals surface area contributed by atoms with Crippen LogP contribution in [0.3, 0.4) is 0 Å². The minimum atomic E-state index is -0.419. The summed E-state index contributed by atoms with van der Waals surface area (Å²) in [7, 11) is 1.60. The molecule has 0 aliphatic carbocycles. The predicted molar refractivity (Wildman–Crippen MR) is 131 cm³/mol. The standard InChI is InChI=1S/C26H33N3O6/c1-4-28(5-2)10-11-33-21-8-6-18(12-23(21)32-3)15-27-26(31)19-13-25(30)29(16-19)20-7-9-22-24(14-20)35-17-34-22/h6-9,12,14,19H,4-5,10-11,13,15-17H2,1-3H3,(H,27,31). The van der Waals surface area contributed by atoms with Crippen molar-refractivity contribution in [3.8, 4) is 23.0 Å². The summed E-state index contributed by atoms with van der Waals surface area (Å²) in [6.45, 7) is 8.48. The largest absolute Gasteiger partial charge is 0.493 e. The molecule has 2 aliphatic heterocycles. The second-order valence-electron chi connectivity index (χ2n) is 8.52. The molecule has 188 valence electrons. The lowest BCUT2D eigenvalue weighted by atomic mass is 10.1. The normalized spacial score (nSPS) is 16.6. The Hall–Kier alpha value is -3.46. The third-order valence-electron chi connectivity index (χ3n) is 6.42. The van der Waals surface area contributed by atoms with Crippen molar-refractivity contribution in [2.75, 3.05) is 51.6 Å². The fourth-order valence-corrected chi connectivity index (χ4v) is 4.29. The highest BCUT2D eigenvalue weighted by Gasteiger charge is 2.35. The average molecular weight is 484 g/mol. The van der Waals surface area contributed by atoms with Crippen LogP contribution in [0.5, 0.6) is 23.0 Å². The Balaban J connectivity index is 1.30. The summed E-state index contributed by atoms with van der Waals surface area (Å²) in [5.74, 6) is 1.91. The molecule has 1 unspecified atom stereocenters. The number of methoxy groups -OCH3 is 1. The van der Waals surface area contributed by atoms with Gasteiger partial charge in [0, 0.05) is 37.8 Å². The Morgan fingerprint density at radius 3 is 2.69 bits per heavy atom. The van der Waals surface area contributed by atoms with Gasteiger partial charge in [-0.1, -0.05) is 19.9 Å². The van der Waals surface area contributed by atoms with Gasteiger partial charge in [0.2, 0.25) is 18.6 Å². The molecule has 2 aromatic carbocycles. The summed E-state index contributed by atoms with van der Waals surface area (Å²) in [4.78, 5) is 29.3. The number of ether oxygens (including phenoxy) is 4. The Labute approximate surface area is 205 Å². The zero-order valence-electron chi connectivity index (χ0n) is 20.5. The first kappa shape index (κ1) is 24.7. The maximum Gasteiger partial charge on any atom is 0.231 e. The van der Waals surface area contributed by atoms with Gasteiger partial charge < -0.3 is 34.1 Å². The summed E-state index contributed by atoms with van der Waals surface area (Å²) >= 11 is 0. The van der Waals surface area contributed by atoms with Gasteiger partial charge in [-0.3, -0.25) is 9.59 Å². The Bertz CT molecular complexity index is 1060. The van der Waals surface area contributed by atoms with Crippen molar-refractivity contribution in [3.05, 3.63) is 42.0 Å². The fraction of sp³-hybridized carbons (Fsp3) is 0.462. The van der Waals surface area contributed by atoms with Gasteiger partial charge in [0.1, 0.15) is 6.61 Å². The molecule has 1 saturated heterocycles. The van der Waals surface area contributed by atoms with Crippen LogP contribution in [0.1, 0.15) is 25.8 Å². The van der Waals surface area contributed by atoms with Crippen molar-refractivity contribution >= 4 is 17.5 Å². The molecule has 4 rings (SSSR count). The third-order valence-corrected chi connectivity index (χ3v) is 6.42. The molecule has 2 aromatic rings. The minimum absolute atomic E-state index is 0.0862. The van der Waals surface area contributed by atoms with Gasteiger partial charge in [0.05, 0.1) is 13.0 Å². The van der Waals surface area contributed by atoms with Gasteiger partial charge in [-0.25, -0.2) is 0 Å². The molecule has 2 amide bonds. The van der Waals surface area contributed by atoms with Gasteiger partial charge in [-0.2, -0.15) is 0 Å². The molecule has 1 atom stereocenters. The average Bonchev–Trinajstić information content (AvgIpc) is 3.51. The van der Waals surface area contributed by atoms with Crippen molar-refractivity contribution in [1.29, 1.82) is 0 Å². The summed E-state index contributed by atoms with van der Waals surface area (Å²) in [5, 5.41) is 2.95. The number of nitrogens with one attached hydrogen (secondary N) is 1. The summed E-state index contributed by atoms with van der Waals surface area (Å²) in [5.41, 5.74) is 1.60. The van der Waals surface area contributed by atoms with Crippen molar-refractivity contribution in [1.82, 2.24) is 10.2 Å². The number of hydrogen-bond acceptors (Lipinski definition) is 7. The number of benzene rings is 2. The van der Waals surface area contributed by atoms with Crippen molar-refractivity contribution < 1.29 is 28.5 Å². The van der Waals surface area contributed by atoms with Crippen LogP contribution in [0.15, 0.2) is 36.4 Å². The lowest BCUT2D eigenvalue weighted by molar-refractivity contribution is -0.126. The van der Waals surface area contributed by atoms with E-state index in [1.165, 1.54) is 0 Å². The fourth-order valence-electron chi connectivity index (χ4n) is 4.29. The van der Waals surface area contributed by atoms with Crippen LogP contribution in [-0.4, -0.2) is 63.4 Å². The number of carbonyl (C=O) groups excluding carboxylic acids is 2. The lowest BCUT2D eigenvalue weighted by Gasteiger charge is -2.19. The molecular weight excluding hydrogens is 450 g/mol. The van der Waals surface area contributed by atoms with Crippen molar-refractivity contribution in [3.63, 3.8) is 0 Å². The summed E-state index contributed by atoms with van der Waals surface area (Å²) < 4.78 is 22.1. The van der Waals surface area contributed by atoms with Crippen LogP contribution in [-0.2, 0) is 16.1 Å². The highest BCUT2D eigenvalue weighted by molar-refractivity contribution is 6.00. The maximum atomic E-state index is 12.8. The van der Waals surface area contributed by atoms with Crippen LogP contribution >= 0.6 is 0 Å². The van der Waals surface area contributed by atoms with E-state index in [2.05, 4.69) is 24.1 Å². The molecular formula is C26H33N3O6. The first-order valence-electron chi connectivity index (χ1n) is 12.0. The zero-order chi connectivity index (χ0) is 24.8. The highest BCUT2D eigenvalue weighted by Crippen LogP contribution is 2.37. The van der Waals surface area contributed by atoms with E-state index in [0.717, 1.165) is 25.2 Å². The number of likely N-dealkylation sites (N-methyl/N-ethyl adjacent to an activating group) is 1. The van der Waals surface area contributed by atoms with E-state index < -0.39 is 5.92 Å². The topological polar surface area (TPSA) is 89.6 Å². The molecule has 9 heteroatoms. The number of fused-ring (bicyclic) bond motifs is 1. The molecule has 9 nitrogen and oxygen atoms in total. The Morgan fingerprint density at radius 1 is 1.11 bits per heavy atom. The van der Waals surface area contributed by atoms with Crippen LogP contribution in [0.2, 0.25) is 0 Å². The second-order valence-corrected chi connectivity index (χ2v) is 8.52. The molecule has 0 aromatic heterocycles. The van der Waals surface area contributed by atoms with Gasteiger partial charge in [-0.15, -0.1) is 0 Å². The van der Waals surface area contributed by atoms with Crippen LogP contribution in [0.25, 0.3) is 0 Å². The van der Waals surface area contributed by atoms with E-state index in [1.807, 2.05) is 24.3 Å². The minimum Gasteiger partial charge on any atom is -0.493 e. The van der Waals surface area contributed by atoms with Gasteiger partial charge >= 0.3 is 0 Å². The van der Waals surface area contributed by atoms with Gasteiger partial charge in [-0.05, 0) is 42.9 Å².